The Kier molecular flexibility index (Phi) is 3.61. The minimum absolute atomic E-state index is 0.176. The number of benzene rings is 1. The minimum Gasteiger partial charge on any atom is -0.391 e. The van der Waals surface area contributed by atoms with Crippen molar-refractivity contribution in [1.82, 2.24) is 15.1 Å². The number of nitrogens with zero attached hydrogens (tertiary/aromatic N) is 3. The Morgan fingerprint density at radius 3 is 3.00 bits per heavy atom. The zero-order chi connectivity index (χ0) is 15.7. The van der Waals surface area contributed by atoms with Crippen molar-refractivity contribution in [2.45, 2.75) is 24.6 Å². The molecule has 0 aliphatic heterocycles. The molecule has 0 radical (unpaired) electrons. The van der Waals surface area contributed by atoms with E-state index in [4.69, 9.17) is 5.26 Å². The van der Waals surface area contributed by atoms with Gasteiger partial charge in [0.1, 0.15) is 11.9 Å². The van der Waals surface area contributed by atoms with Crippen LogP contribution in [-0.4, -0.2) is 32.9 Å². The van der Waals surface area contributed by atoms with Crippen LogP contribution in [0.1, 0.15) is 28.4 Å². The van der Waals surface area contributed by atoms with Gasteiger partial charge in [0.15, 0.2) is 0 Å². The number of halogens is 1. The van der Waals surface area contributed by atoms with Gasteiger partial charge in [0.25, 0.3) is 5.91 Å². The second-order valence-corrected chi connectivity index (χ2v) is 5.17. The van der Waals surface area contributed by atoms with Gasteiger partial charge < -0.3 is 10.4 Å². The second-order valence-electron chi connectivity index (χ2n) is 5.17. The molecule has 3 atom stereocenters. The molecule has 22 heavy (non-hydrogen) atoms. The van der Waals surface area contributed by atoms with Crippen molar-refractivity contribution >= 4 is 5.91 Å². The summed E-state index contributed by atoms with van der Waals surface area (Å²) in [6.07, 6.45) is 3.16. The predicted molar refractivity (Wildman–Crippen MR) is 74.3 cm³/mol. The molecule has 1 aliphatic rings. The number of carbonyl (C=O) groups is 1. The van der Waals surface area contributed by atoms with Gasteiger partial charge in [0, 0.05) is 18.0 Å². The van der Waals surface area contributed by atoms with Crippen LogP contribution in [0.15, 0.2) is 36.7 Å². The maximum atomic E-state index is 13.3. The molecule has 1 amide bonds. The third-order valence-electron chi connectivity index (χ3n) is 3.80. The van der Waals surface area contributed by atoms with E-state index in [1.54, 1.807) is 29.2 Å². The smallest absolute Gasteiger partial charge is 0.251 e. The van der Waals surface area contributed by atoms with Gasteiger partial charge in [0.2, 0.25) is 0 Å². The number of nitrogens with one attached hydrogen (secondary N) is 1. The highest BCUT2D eigenvalue weighted by atomic mass is 19.1. The van der Waals surface area contributed by atoms with Crippen molar-refractivity contribution in [2.75, 3.05) is 0 Å². The van der Waals surface area contributed by atoms with Crippen LogP contribution in [0, 0.1) is 17.1 Å². The molecule has 2 N–H and O–H groups in total. The first-order chi connectivity index (χ1) is 10.6. The van der Waals surface area contributed by atoms with Crippen molar-refractivity contribution in [1.29, 1.82) is 5.26 Å². The summed E-state index contributed by atoms with van der Waals surface area (Å²) in [5.74, 6) is -1.07. The monoisotopic (exact) mass is 300 g/mol. The molecule has 0 saturated heterocycles. The first-order valence-electron chi connectivity index (χ1n) is 6.78. The normalized spacial score (nSPS) is 23.4. The molecule has 6 nitrogen and oxygen atoms in total. The number of rotatable bonds is 3. The van der Waals surface area contributed by atoms with Crippen LogP contribution in [0.4, 0.5) is 4.39 Å². The third kappa shape index (κ3) is 2.44. The maximum absolute atomic E-state index is 13.3. The van der Waals surface area contributed by atoms with Gasteiger partial charge >= 0.3 is 0 Å². The molecular weight excluding hydrogens is 287 g/mol. The fraction of sp³-hybridized carbons (Fsp3) is 0.267. The van der Waals surface area contributed by atoms with Crippen molar-refractivity contribution in [3.05, 3.63) is 53.6 Å². The summed E-state index contributed by atoms with van der Waals surface area (Å²) in [6.45, 7) is 0. The summed E-state index contributed by atoms with van der Waals surface area (Å²) in [6, 6.07) is 6.48. The van der Waals surface area contributed by atoms with E-state index in [0.29, 0.717) is 6.42 Å². The quantitative estimate of drug-likeness (QED) is 0.884. The highest BCUT2D eigenvalue weighted by Crippen LogP contribution is 2.32. The van der Waals surface area contributed by atoms with Crippen molar-refractivity contribution in [3.8, 4) is 6.07 Å². The first-order valence-corrected chi connectivity index (χ1v) is 6.78. The van der Waals surface area contributed by atoms with Crippen molar-refractivity contribution in [3.63, 3.8) is 0 Å². The number of aromatic nitrogens is 2. The molecule has 1 aromatic heterocycles. The number of aliphatic hydroxyl groups excluding tert-OH is 1. The van der Waals surface area contributed by atoms with E-state index in [2.05, 4.69) is 10.4 Å². The third-order valence-corrected chi connectivity index (χ3v) is 3.80. The fourth-order valence-corrected chi connectivity index (χ4v) is 2.58. The average Bonchev–Trinajstić information content (AvgIpc) is 3.00. The summed E-state index contributed by atoms with van der Waals surface area (Å²) in [5, 5.41) is 25.5. The Morgan fingerprint density at radius 1 is 1.55 bits per heavy atom. The largest absolute Gasteiger partial charge is 0.391 e. The maximum Gasteiger partial charge on any atom is 0.251 e. The fourth-order valence-electron chi connectivity index (χ4n) is 2.58. The molecule has 1 aliphatic carbocycles. The molecule has 1 aromatic carbocycles. The van der Waals surface area contributed by atoms with Crippen LogP contribution in [0.25, 0.3) is 0 Å². The molecule has 112 valence electrons. The molecule has 0 bridgehead atoms. The van der Waals surface area contributed by atoms with Gasteiger partial charge in [-0.05, 0) is 30.7 Å². The van der Waals surface area contributed by atoms with Gasteiger partial charge in [-0.3, -0.25) is 9.48 Å². The van der Waals surface area contributed by atoms with E-state index < -0.39 is 17.8 Å². The summed E-state index contributed by atoms with van der Waals surface area (Å²) >= 11 is 0. The summed E-state index contributed by atoms with van der Waals surface area (Å²) in [7, 11) is 0. The van der Waals surface area contributed by atoms with E-state index in [-0.39, 0.29) is 23.2 Å². The van der Waals surface area contributed by atoms with Gasteiger partial charge in [-0.1, -0.05) is 0 Å². The Morgan fingerprint density at radius 2 is 2.36 bits per heavy atom. The summed E-state index contributed by atoms with van der Waals surface area (Å²) < 4.78 is 14.9. The van der Waals surface area contributed by atoms with Crippen LogP contribution >= 0.6 is 0 Å². The Labute approximate surface area is 125 Å². The standard InChI is InChI=1S/C15H13FN4O2/c16-11-3-2-9(6-10(11)8-17)15(22)19-12-7-13(21)14(12)20-5-1-4-18-20/h1-6,12-14,21H,7H2,(H,19,22)/t12-,13+,14+/m0/s1. The van der Waals surface area contributed by atoms with E-state index in [9.17, 15) is 14.3 Å². The molecule has 1 heterocycles. The lowest BCUT2D eigenvalue weighted by atomic mass is 9.83. The Balaban J connectivity index is 1.74. The lowest BCUT2D eigenvalue weighted by Crippen LogP contribution is -2.56. The number of nitriles is 1. The SMILES string of the molecule is N#Cc1cc(C(=O)N[C@H]2C[C@@H](O)[C@@H]2n2cccn2)ccc1F. The zero-order valence-electron chi connectivity index (χ0n) is 11.5. The van der Waals surface area contributed by atoms with Gasteiger partial charge in [-0.15, -0.1) is 0 Å². The molecule has 2 aromatic rings. The molecule has 0 spiro atoms. The van der Waals surface area contributed by atoms with Gasteiger partial charge in [-0.25, -0.2) is 4.39 Å². The highest BCUT2D eigenvalue weighted by molar-refractivity contribution is 5.94. The van der Waals surface area contributed by atoms with Crippen LogP contribution in [-0.2, 0) is 0 Å². The number of aliphatic hydroxyl groups is 1. The molecule has 1 saturated carbocycles. The van der Waals surface area contributed by atoms with E-state index >= 15 is 0 Å². The highest BCUT2D eigenvalue weighted by Gasteiger charge is 2.42. The number of hydrogen-bond acceptors (Lipinski definition) is 4. The Bertz CT molecular complexity index is 738. The Hall–Kier alpha value is -2.72. The lowest BCUT2D eigenvalue weighted by Gasteiger charge is -2.41. The zero-order valence-corrected chi connectivity index (χ0v) is 11.5. The first kappa shape index (κ1) is 14.2. The topological polar surface area (TPSA) is 90.9 Å². The van der Waals surface area contributed by atoms with E-state index in [1.807, 2.05) is 0 Å². The number of amides is 1. The van der Waals surface area contributed by atoms with E-state index in [1.165, 1.54) is 12.1 Å². The summed E-state index contributed by atoms with van der Waals surface area (Å²) in [4.78, 5) is 12.2. The van der Waals surface area contributed by atoms with Gasteiger partial charge in [-0.2, -0.15) is 10.4 Å². The van der Waals surface area contributed by atoms with Crippen LogP contribution < -0.4 is 5.32 Å². The number of hydrogen-bond donors (Lipinski definition) is 2. The van der Waals surface area contributed by atoms with E-state index in [0.717, 1.165) is 6.07 Å². The summed E-state index contributed by atoms with van der Waals surface area (Å²) in [5.41, 5.74) is 0.0310. The molecule has 0 unspecified atom stereocenters. The van der Waals surface area contributed by atoms with Crippen molar-refractivity contribution in [2.24, 2.45) is 0 Å². The van der Waals surface area contributed by atoms with Crippen LogP contribution in [0.3, 0.4) is 0 Å². The predicted octanol–water partition coefficient (Wildman–Crippen LogP) is 0.998. The van der Waals surface area contributed by atoms with Gasteiger partial charge in [0.05, 0.1) is 23.8 Å². The second kappa shape index (κ2) is 5.58. The minimum atomic E-state index is -0.660. The van der Waals surface area contributed by atoms with Crippen LogP contribution in [0.2, 0.25) is 0 Å². The van der Waals surface area contributed by atoms with Crippen LogP contribution in [0.5, 0.6) is 0 Å². The molecule has 7 heteroatoms. The molecule has 1 fully saturated rings. The molecule has 3 rings (SSSR count). The van der Waals surface area contributed by atoms with Crippen molar-refractivity contribution < 1.29 is 14.3 Å². The average molecular weight is 300 g/mol. The number of carbonyl (C=O) groups excluding carboxylic acids is 1. The molecular formula is C15H13FN4O2. The lowest BCUT2D eigenvalue weighted by molar-refractivity contribution is -0.00588.